The van der Waals surface area contributed by atoms with Crippen LogP contribution in [0.3, 0.4) is 0 Å². The third-order valence-corrected chi connectivity index (χ3v) is 3.69. The van der Waals surface area contributed by atoms with Crippen LogP contribution in [0.15, 0.2) is 22.7 Å². The number of rotatable bonds is 4. The zero-order valence-electron chi connectivity index (χ0n) is 9.47. The van der Waals surface area contributed by atoms with E-state index in [0.717, 1.165) is 20.9 Å². The van der Waals surface area contributed by atoms with Gasteiger partial charge >= 0.3 is 0 Å². The van der Waals surface area contributed by atoms with Gasteiger partial charge in [0.1, 0.15) is 0 Å². The van der Waals surface area contributed by atoms with E-state index in [1.165, 1.54) is 0 Å². The summed E-state index contributed by atoms with van der Waals surface area (Å²) < 4.78 is 1.80. The van der Waals surface area contributed by atoms with Crippen molar-refractivity contribution in [3.05, 3.63) is 31.8 Å². The van der Waals surface area contributed by atoms with Crippen molar-refractivity contribution in [3.8, 4) is 12.3 Å². The fraction of sp³-hybridized carbons (Fsp3) is 0.308. The molecule has 0 aliphatic heterocycles. The van der Waals surface area contributed by atoms with Gasteiger partial charge in [-0.3, -0.25) is 4.79 Å². The van der Waals surface area contributed by atoms with Crippen LogP contribution in [0.4, 0.5) is 0 Å². The van der Waals surface area contributed by atoms with Crippen LogP contribution in [0, 0.1) is 15.9 Å². The average Bonchev–Trinajstić information content (AvgIpc) is 2.31. The van der Waals surface area contributed by atoms with E-state index in [2.05, 4.69) is 49.8 Å². The van der Waals surface area contributed by atoms with E-state index in [1.807, 2.05) is 19.1 Å². The molecule has 0 spiro atoms. The minimum atomic E-state index is -0.192. The Kier molecular flexibility index (Phi) is 6.00. The first-order valence-corrected chi connectivity index (χ1v) is 7.17. The molecule has 17 heavy (non-hydrogen) atoms. The molecule has 1 unspecified atom stereocenters. The summed E-state index contributed by atoms with van der Waals surface area (Å²) >= 11 is 5.49. The lowest BCUT2D eigenvalue weighted by Gasteiger charge is -2.13. The van der Waals surface area contributed by atoms with Crippen molar-refractivity contribution in [2.24, 2.45) is 0 Å². The molecule has 1 rings (SSSR count). The number of nitrogens with one attached hydrogen (secondary N) is 1. The summed E-state index contributed by atoms with van der Waals surface area (Å²) in [6, 6.07) is 5.41. The summed E-state index contributed by atoms with van der Waals surface area (Å²) in [6.07, 6.45) is 7.12. The van der Waals surface area contributed by atoms with Crippen LogP contribution >= 0.6 is 38.5 Å². The number of hydrogen-bond donors (Lipinski definition) is 1. The van der Waals surface area contributed by atoms with Gasteiger partial charge in [0.15, 0.2) is 0 Å². The van der Waals surface area contributed by atoms with Crippen molar-refractivity contribution < 1.29 is 4.79 Å². The Balaban J connectivity index is 2.83. The van der Waals surface area contributed by atoms with E-state index >= 15 is 0 Å². The molecule has 0 radical (unpaired) electrons. The Morgan fingerprint density at radius 3 is 2.94 bits per heavy atom. The summed E-state index contributed by atoms with van der Waals surface area (Å²) in [4.78, 5) is 12.0. The maximum atomic E-state index is 12.0. The molecule has 1 aromatic rings. The Bertz CT molecular complexity index is 453. The fourth-order valence-corrected chi connectivity index (χ4v) is 2.33. The standard InChI is InChI=1S/C13H13BrINO/c1-3-5-10(4-2)16-13(17)11-8-9(14)6-7-12(11)15/h2,6-8,10H,3,5H2,1H3,(H,16,17). The minimum absolute atomic E-state index is 0.118. The van der Waals surface area contributed by atoms with Crippen molar-refractivity contribution in [1.82, 2.24) is 5.32 Å². The molecule has 0 saturated heterocycles. The van der Waals surface area contributed by atoms with Gasteiger partial charge in [0.05, 0.1) is 11.6 Å². The van der Waals surface area contributed by atoms with Crippen LogP contribution in [-0.4, -0.2) is 11.9 Å². The molecule has 0 bridgehead atoms. The third-order valence-electron chi connectivity index (χ3n) is 2.26. The number of amides is 1. The van der Waals surface area contributed by atoms with E-state index in [-0.39, 0.29) is 11.9 Å². The van der Waals surface area contributed by atoms with Crippen LogP contribution < -0.4 is 5.32 Å². The predicted octanol–water partition coefficient (Wildman–Crippen LogP) is 3.59. The molecular formula is C13H13BrINO. The smallest absolute Gasteiger partial charge is 0.253 e. The lowest BCUT2D eigenvalue weighted by atomic mass is 10.1. The van der Waals surface area contributed by atoms with Crippen LogP contribution in [0.25, 0.3) is 0 Å². The molecule has 4 heteroatoms. The second kappa shape index (κ2) is 7.02. The van der Waals surface area contributed by atoms with Crippen LogP contribution in [-0.2, 0) is 0 Å². The fourth-order valence-electron chi connectivity index (χ4n) is 1.39. The average molecular weight is 406 g/mol. The zero-order chi connectivity index (χ0) is 12.8. The van der Waals surface area contributed by atoms with Crippen molar-refractivity contribution in [1.29, 1.82) is 0 Å². The van der Waals surface area contributed by atoms with Crippen LogP contribution in [0.5, 0.6) is 0 Å². The monoisotopic (exact) mass is 405 g/mol. The van der Waals surface area contributed by atoms with Crippen molar-refractivity contribution in [3.63, 3.8) is 0 Å². The van der Waals surface area contributed by atoms with E-state index < -0.39 is 0 Å². The van der Waals surface area contributed by atoms with E-state index in [1.54, 1.807) is 6.07 Å². The molecule has 1 amide bonds. The Morgan fingerprint density at radius 2 is 2.35 bits per heavy atom. The molecule has 0 aliphatic rings. The number of carbonyl (C=O) groups excluding carboxylic acids is 1. The second-order valence-electron chi connectivity index (χ2n) is 3.61. The van der Waals surface area contributed by atoms with E-state index in [9.17, 15) is 4.79 Å². The number of carbonyl (C=O) groups is 1. The highest BCUT2D eigenvalue weighted by molar-refractivity contribution is 14.1. The normalized spacial score (nSPS) is 11.6. The Morgan fingerprint density at radius 1 is 1.65 bits per heavy atom. The maximum Gasteiger partial charge on any atom is 0.253 e. The molecule has 2 nitrogen and oxygen atoms in total. The minimum Gasteiger partial charge on any atom is -0.338 e. The zero-order valence-corrected chi connectivity index (χ0v) is 13.2. The molecule has 0 saturated carbocycles. The number of halogens is 2. The van der Waals surface area contributed by atoms with Gasteiger partial charge in [-0.1, -0.05) is 35.2 Å². The summed E-state index contributed by atoms with van der Waals surface area (Å²) in [6.45, 7) is 2.04. The van der Waals surface area contributed by atoms with Gasteiger partial charge in [0.2, 0.25) is 0 Å². The lowest BCUT2D eigenvalue weighted by molar-refractivity contribution is 0.0943. The molecule has 1 atom stereocenters. The highest BCUT2D eigenvalue weighted by Crippen LogP contribution is 2.18. The summed E-state index contributed by atoms with van der Waals surface area (Å²) in [5.74, 6) is 2.47. The van der Waals surface area contributed by atoms with Crippen LogP contribution in [0.2, 0.25) is 0 Å². The molecular weight excluding hydrogens is 393 g/mol. The van der Waals surface area contributed by atoms with E-state index in [0.29, 0.717) is 5.56 Å². The van der Waals surface area contributed by atoms with Gasteiger partial charge in [-0.25, -0.2) is 0 Å². The molecule has 0 aromatic heterocycles. The largest absolute Gasteiger partial charge is 0.338 e. The number of terminal acetylenes is 1. The van der Waals surface area contributed by atoms with Gasteiger partial charge in [-0.05, 0) is 47.2 Å². The lowest BCUT2D eigenvalue weighted by Crippen LogP contribution is -2.34. The van der Waals surface area contributed by atoms with Gasteiger partial charge in [-0.2, -0.15) is 0 Å². The second-order valence-corrected chi connectivity index (χ2v) is 5.68. The summed E-state index contributed by atoms with van der Waals surface area (Å²) in [7, 11) is 0. The molecule has 0 fully saturated rings. The van der Waals surface area contributed by atoms with Crippen LogP contribution in [0.1, 0.15) is 30.1 Å². The first-order chi connectivity index (χ1) is 8.08. The van der Waals surface area contributed by atoms with Crippen molar-refractivity contribution in [2.45, 2.75) is 25.8 Å². The van der Waals surface area contributed by atoms with Crippen molar-refractivity contribution in [2.75, 3.05) is 0 Å². The highest BCUT2D eigenvalue weighted by atomic mass is 127. The Hall–Kier alpha value is -0.540. The molecule has 1 aromatic carbocycles. The van der Waals surface area contributed by atoms with Gasteiger partial charge in [-0.15, -0.1) is 6.42 Å². The number of benzene rings is 1. The number of hydrogen-bond acceptors (Lipinski definition) is 1. The molecule has 90 valence electrons. The third kappa shape index (κ3) is 4.32. The quantitative estimate of drug-likeness (QED) is 0.602. The van der Waals surface area contributed by atoms with E-state index in [4.69, 9.17) is 6.42 Å². The SMILES string of the molecule is C#CC(CCC)NC(=O)c1cc(Br)ccc1I. The van der Waals surface area contributed by atoms with Gasteiger partial charge < -0.3 is 5.32 Å². The maximum absolute atomic E-state index is 12.0. The summed E-state index contributed by atoms with van der Waals surface area (Å²) in [5, 5.41) is 2.85. The molecule has 0 aliphatic carbocycles. The van der Waals surface area contributed by atoms with Gasteiger partial charge in [0.25, 0.3) is 5.91 Å². The molecule has 1 N–H and O–H groups in total. The van der Waals surface area contributed by atoms with Gasteiger partial charge in [0, 0.05) is 8.04 Å². The van der Waals surface area contributed by atoms with Crippen molar-refractivity contribution >= 4 is 44.4 Å². The molecule has 0 heterocycles. The highest BCUT2D eigenvalue weighted by Gasteiger charge is 2.13. The first kappa shape index (κ1) is 14.5. The predicted molar refractivity (Wildman–Crippen MR) is 81.9 cm³/mol. The summed E-state index contributed by atoms with van der Waals surface area (Å²) in [5.41, 5.74) is 0.649. The topological polar surface area (TPSA) is 29.1 Å². The first-order valence-electron chi connectivity index (χ1n) is 5.30. The Labute approximate surface area is 124 Å².